The highest BCUT2D eigenvalue weighted by atomic mass is 32.2. The third kappa shape index (κ3) is 5.63. The Kier molecular flexibility index (Phi) is 7.15. The summed E-state index contributed by atoms with van der Waals surface area (Å²) in [5.41, 5.74) is 0.795. The van der Waals surface area contributed by atoms with Crippen molar-refractivity contribution in [3.63, 3.8) is 0 Å². The summed E-state index contributed by atoms with van der Waals surface area (Å²) in [4.78, 5) is 25.1. The van der Waals surface area contributed by atoms with Crippen LogP contribution in [0, 0.1) is 23.0 Å². The van der Waals surface area contributed by atoms with Gasteiger partial charge in [0.15, 0.2) is 0 Å². The van der Waals surface area contributed by atoms with Crippen LogP contribution in [-0.4, -0.2) is 49.8 Å². The minimum atomic E-state index is -4.01. The van der Waals surface area contributed by atoms with Crippen molar-refractivity contribution in [2.75, 3.05) is 24.4 Å². The average molecular weight is 461 g/mol. The lowest BCUT2D eigenvalue weighted by molar-refractivity contribution is -0.385. The molecule has 10 heteroatoms. The molecule has 1 amide bonds. The topological polar surface area (TPSA) is 122 Å². The van der Waals surface area contributed by atoms with Crippen LogP contribution in [0.1, 0.15) is 36.2 Å². The fourth-order valence-corrected chi connectivity index (χ4v) is 4.77. The molecule has 0 aromatic heterocycles. The number of amides is 1. The van der Waals surface area contributed by atoms with E-state index in [1.165, 1.54) is 24.3 Å². The van der Waals surface area contributed by atoms with Gasteiger partial charge in [-0.15, -0.1) is 0 Å². The number of hydrogen-bond donors (Lipinski definition) is 2. The zero-order valence-electron chi connectivity index (χ0n) is 18.4. The molecular formula is C22H28N4O5S. The second-order valence-corrected chi connectivity index (χ2v) is 10.0. The van der Waals surface area contributed by atoms with Crippen LogP contribution in [-0.2, 0) is 10.0 Å². The Bertz CT molecular complexity index is 1100. The average Bonchev–Trinajstić information content (AvgIpc) is 3.21. The molecule has 1 fully saturated rings. The molecule has 2 aromatic carbocycles. The Hall–Kier alpha value is -2.98. The van der Waals surface area contributed by atoms with Crippen molar-refractivity contribution in [1.29, 1.82) is 0 Å². The quantitative estimate of drug-likeness (QED) is 0.461. The van der Waals surface area contributed by atoms with E-state index in [1.54, 1.807) is 19.1 Å². The molecule has 0 aliphatic carbocycles. The van der Waals surface area contributed by atoms with E-state index in [4.69, 9.17) is 0 Å². The van der Waals surface area contributed by atoms with Gasteiger partial charge in [0.25, 0.3) is 21.6 Å². The van der Waals surface area contributed by atoms with Gasteiger partial charge in [-0.05, 0) is 70.0 Å². The number of rotatable bonds is 8. The van der Waals surface area contributed by atoms with Crippen molar-refractivity contribution in [3.8, 4) is 0 Å². The number of anilines is 1. The lowest BCUT2D eigenvalue weighted by atomic mass is 10.1. The molecule has 3 rings (SSSR count). The molecule has 32 heavy (non-hydrogen) atoms. The Balaban J connectivity index is 1.61. The monoisotopic (exact) mass is 460 g/mol. The highest BCUT2D eigenvalue weighted by Gasteiger charge is 2.24. The van der Waals surface area contributed by atoms with Gasteiger partial charge in [0.2, 0.25) is 0 Å². The number of benzene rings is 2. The van der Waals surface area contributed by atoms with Crippen LogP contribution in [0.2, 0.25) is 0 Å². The SMILES string of the molecule is Cc1ccc(S(=O)(=O)Nc2ccc(C(=O)NCC3CCN(C(C)C)C3)cc2)cc1[N+](=O)[O-]. The molecule has 1 atom stereocenters. The Morgan fingerprint density at radius 3 is 2.50 bits per heavy atom. The number of carbonyl (C=O) groups is 1. The normalized spacial score (nSPS) is 16.8. The van der Waals surface area contributed by atoms with Crippen LogP contribution in [0.15, 0.2) is 47.4 Å². The molecule has 0 saturated carbocycles. The number of likely N-dealkylation sites (tertiary alicyclic amines) is 1. The van der Waals surface area contributed by atoms with E-state index >= 15 is 0 Å². The van der Waals surface area contributed by atoms with Gasteiger partial charge >= 0.3 is 0 Å². The van der Waals surface area contributed by atoms with Gasteiger partial charge in [0.1, 0.15) is 0 Å². The lowest BCUT2D eigenvalue weighted by Crippen LogP contribution is -2.32. The maximum atomic E-state index is 12.6. The zero-order valence-corrected chi connectivity index (χ0v) is 19.2. The van der Waals surface area contributed by atoms with Gasteiger partial charge in [0.05, 0.1) is 9.82 Å². The smallest absolute Gasteiger partial charge is 0.273 e. The number of nitrogens with one attached hydrogen (secondary N) is 2. The van der Waals surface area contributed by atoms with E-state index in [2.05, 4.69) is 28.8 Å². The van der Waals surface area contributed by atoms with Crippen LogP contribution >= 0.6 is 0 Å². The van der Waals surface area contributed by atoms with Crippen molar-refractivity contribution < 1.29 is 18.1 Å². The summed E-state index contributed by atoms with van der Waals surface area (Å²) in [5, 5.41) is 14.0. The number of aryl methyl sites for hydroxylation is 1. The summed E-state index contributed by atoms with van der Waals surface area (Å²) in [6.45, 7) is 8.47. The van der Waals surface area contributed by atoms with Crippen molar-refractivity contribution >= 4 is 27.3 Å². The van der Waals surface area contributed by atoms with Gasteiger partial charge in [-0.25, -0.2) is 8.42 Å². The first-order valence-corrected chi connectivity index (χ1v) is 12.0. The van der Waals surface area contributed by atoms with Crippen LogP contribution in [0.4, 0.5) is 11.4 Å². The van der Waals surface area contributed by atoms with Gasteiger partial charge in [-0.2, -0.15) is 0 Å². The van der Waals surface area contributed by atoms with Crippen molar-refractivity contribution in [1.82, 2.24) is 10.2 Å². The summed E-state index contributed by atoms with van der Waals surface area (Å²) in [6, 6.07) is 10.3. The minimum Gasteiger partial charge on any atom is -0.352 e. The van der Waals surface area contributed by atoms with Gasteiger partial charge < -0.3 is 10.2 Å². The zero-order chi connectivity index (χ0) is 23.5. The fraction of sp³-hybridized carbons (Fsp3) is 0.409. The molecule has 9 nitrogen and oxygen atoms in total. The third-order valence-corrected chi connectivity index (χ3v) is 7.06. The maximum absolute atomic E-state index is 12.6. The molecular weight excluding hydrogens is 432 g/mol. The van der Waals surface area contributed by atoms with Gasteiger partial charge in [-0.3, -0.25) is 19.6 Å². The number of nitro groups is 1. The van der Waals surface area contributed by atoms with Crippen molar-refractivity contribution in [3.05, 3.63) is 63.7 Å². The standard InChI is InChI=1S/C22H28N4O5S/c1-15(2)25-11-10-17(14-25)13-23-22(27)18-5-7-19(8-6-18)24-32(30,31)20-9-4-16(3)21(12-20)26(28)29/h4-9,12,15,17,24H,10-11,13-14H2,1-3H3,(H,23,27). The van der Waals surface area contributed by atoms with E-state index in [-0.39, 0.29) is 22.2 Å². The first-order valence-electron chi connectivity index (χ1n) is 10.5. The highest BCUT2D eigenvalue weighted by molar-refractivity contribution is 7.92. The third-order valence-electron chi connectivity index (χ3n) is 5.69. The molecule has 172 valence electrons. The Morgan fingerprint density at radius 2 is 1.91 bits per heavy atom. The summed E-state index contributed by atoms with van der Waals surface area (Å²) >= 11 is 0. The number of sulfonamides is 1. The van der Waals surface area contributed by atoms with Crippen molar-refractivity contribution in [2.24, 2.45) is 5.92 Å². The summed E-state index contributed by atoms with van der Waals surface area (Å²) < 4.78 is 27.6. The summed E-state index contributed by atoms with van der Waals surface area (Å²) in [7, 11) is -4.01. The van der Waals surface area contributed by atoms with Crippen molar-refractivity contribution in [2.45, 2.75) is 38.1 Å². The number of carbonyl (C=O) groups excluding carboxylic acids is 1. The van der Waals surface area contributed by atoms with E-state index < -0.39 is 14.9 Å². The lowest BCUT2D eigenvalue weighted by Gasteiger charge is -2.20. The summed E-state index contributed by atoms with van der Waals surface area (Å²) in [5.74, 6) is 0.211. The number of hydrogen-bond acceptors (Lipinski definition) is 6. The molecule has 1 aliphatic rings. The van der Waals surface area contributed by atoms with Crippen LogP contribution < -0.4 is 10.0 Å². The molecule has 0 radical (unpaired) electrons. The molecule has 0 spiro atoms. The minimum absolute atomic E-state index is 0.205. The Labute approximate surface area is 188 Å². The van der Waals surface area contributed by atoms with Gasteiger partial charge in [0, 0.05) is 42.0 Å². The second-order valence-electron chi connectivity index (χ2n) is 8.34. The predicted molar refractivity (Wildman–Crippen MR) is 122 cm³/mol. The first-order chi connectivity index (χ1) is 15.1. The molecule has 1 unspecified atom stereocenters. The fourth-order valence-electron chi connectivity index (χ4n) is 3.69. The largest absolute Gasteiger partial charge is 0.352 e. The maximum Gasteiger partial charge on any atom is 0.273 e. The highest BCUT2D eigenvalue weighted by Crippen LogP contribution is 2.24. The first kappa shape index (κ1) is 23.7. The van der Waals surface area contributed by atoms with Crippen LogP contribution in [0.5, 0.6) is 0 Å². The van der Waals surface area contributed by atoms with Gasteiger partial charge in [-0.1, -0.05) is 6.07 Å². The molecule has 1 heterocycles. The molecule has 1 saturated heterocycles. The molecule has 2 N–H and O–H groups in total. The van der Waals surface area contributed by atoms with E-state index in [0.717, 1.165) is 25.6 Å². The molecule has 2 aromatic rings. The predicted octanol–water partition coefficient (Wildman–Crippen LogP) is 3.16. The Morgan fingerprint density at radius 1 is 1.22 bits per heavy atom. The number of nitro benzene ring substituents is 1. The van der Waals surface area contributed by atoms with E-state index in [9.17, 15) is 23.3 Å². The van der Waals surface area contributed by atoms with Crippen LogP contribution in [0.25, 0.3) is 0 Å². The summed E-state index contributed by atoms with van der Waals surface area (Å²) in [6.07, 6.45) is 1.05. The van der Waals surface area contributed by atoms with E-state index in [1.807, 2.05) is 0 Å². The molecule has 1 aliphatic heterocycles. The molecule has 0 bridgehead atoms. The number of nitrogens with zero attached hydrogens (tertiary/aromatic N) is 2. The second kappa shape index (κ2) is 9.66. The van der Waals surface area contributed by atoms with Crippen LogP contribution in [0.3, 0.4) is 0 Å². The van der Waals surface area contributed by atoms with E-state index in [0.29, 0.717) is 29.6 Å².